The highest BCUT2D eigenvalue weighted by Crippen LogP contribution is 2.39. The van der Waals surface area contributed by atoms with Gasteiger partial charge in [0.2, 0.25) is 0 Å². The Morgan fingerprint density at radius 1 is 0.719 bits per heavy atom. The lowest BCUT2D eigenvalue weighted by molar-refractivity contribution is 1.05. The highest BCUT2D eigenvalue weighted by molar-refractivity contribution is 6.32. The Kier molecular flexibility index (Phi) is 4.70. The summed E-state index contributed by atoms with van der Waals surface area (Å²) in [5.74, 6) is 0. The van der Waals surface area contributed by atoms with Crippen molar-refractivity contribution < 1.29 is 0 Å². The van der Waals surface area contributed by atoms with E-state index in [0.717, 1.165) is 23.6 Å². The number of fused-ring (bicyclic) bond motifs is 3. The molecular weight excluding hydrogens is 410 g/mol. The van der Waals surface area contributed by atoms with Gasteiger partial charge in [-0.3, -0.25) is 0 Å². The van der Waals surface area contributed by atoms with Crippen molar-refractivity contribution >= 4 is 39.0 Å². The van der Waals surface area contributed by atoms with Gasteiger partial charge in [0.05, 0.1) is 11.0 Å². The fourth-order valence-electron chi connectivity index (χ4n) is 4.83. The van der Waals surface area contributed by atoms with Crippen molar-refractivity contribution in [3.05, 3.63) is 120 Å². The standard InChI is InChI=1S/C30H22ClN/c31-24-16-19-29-28(20-24)27-13-7-12-26(23-10-5-2-6-11-23)30(27)32(29)25-17-14-22(15-18-25)21-8-3-1-4-9-21/h1-5,7-10,12-20H,6,11H2. The third-order valence-electron chi connectivity index (χ3n) is 6.34. The first-order chi connectivity index (χ1) is 15.8. The van der Waals surface area contributed by atoms with E-state index in [1.165, 1.54) is 44.1 Å². The quantitative estimate of drug-likeness (QED) is 0.269. The first kappa shape index (κ1) is 19.2. The second-order valence-corrected chi connectivity index (χ2v) is 8.71. The van der Waals surface area contributed by atoms with Gasteiger partial charge in [-0.05, 0) is 59.9 Å². The molecule has 1 aliphatic carbocycles. The molecule has 0 N–H and O–H groups in total. The molecule has 1 aromatic heterocycles. The number of rotatable bonds is 3. The molecule has 154 valence electrons. The van der Waals surface area contributed by atoms with E-state index in [1.807, 2.05) is 6.07 Å². The molecule has 0 saturated carbocycles. The van der Waals surface area contributed by atoms with Gasteiger partial charge in [0, 0.05) is 27.0 Å². The minimum absolute atomic E-state index is 0.765. The summed E-state index contributed by atoms with van der Waals surface area (Å²) in [5.41, 5.74) is 8.72. The molecule has 0 fully saturated rings. The predicted octanol–water partition coefficient (Wildman–Crippen LogP) is 8.84. The molecule has 0 unspecified atom stereocenters. The van der Waals surface area contributed by atoms with Crippen LogP contribution in [0.1, 0.15) is 18.4 Å². The summed E-state index contributed by atoms with van der Waals surface area (Å²) in [7, 11) is 0. The van der Waals surface area contributed by atoms with Crippen LogP contribution in [0.5, 0.6) is 0 Å². The second kappa shape index (κ2) is 7.85. The summed E-state index contributed by atoms with van der Waals surface area (Å²) < 4.78 is 2.39. The molecule has 0 spiro atoms. The molecule has 0 amide bonds. The van der Waals surface area contributed by atoms with Gasteiger partial charge >= 0.3 is 0 Å². The summed E-state index contributed by atoms with van der Waals surface area (Å²) in [6.45, 7) is 0. The van der Waals surface area contributed by atoms with Crippen molar-refractivity contribution in [1.82, 2.24) is 4.57 Å². The zero-order chi connectivity index (χ0) is 21.5. The lowest BCUT2D eigenvalue weighted by atomic mass is 9.95. The lowest BCUT2D eigenvalue weighted by Crippen LogP contribution is -1.98. The van der Waals surface area contributed by atoms with Crippen LogP contribution in [0.2, 0.25) is 5.02 Å². The molecule has 1 heterocycles. The Balaban J connectivity index is 1.63. The Morgan fingerprint density at radius 2 is 1.53 bits per heavy atom. The van der Waals surface area contributed by atoms with E-state index < -0.39 is 0 Å². The molecule has 0 radical (unpaired) electrons. The topological polar surface area (TPSA) is 4.93 Å². The van der Waals surface area contributed by atoms with E-state index in [1.54, 1.807) is 0 Å². The molecule has 1 aliphatic rings. The zero-order valence-electron chi connectivity index (χ0n) is 17.6. The summed E-state index contributed by atoms with van der Waals surface area (Å²) in [4.78, 5) is 0. The zero-order valence-corrected chi connectivity index (χ0v) is 18.4. The summed E-state index contributed by atoms with van der Waals surface area (Å²) in [6.07, 6.45) is 8.81. The minimum Gasteiger partial charge on any atom is -0.309 e. The number of aromatic nitrogens is 1. The van der Waals surface area contributed by atoms with Gasteiger partial charge in [0.1, 0.15) is 0 Å². The Morgan fingerprint density at radius 3 is 2.31 bits per heavy atom. The lowest BCUT2D eigenvalue weighted by Gasteiger charge is -2.15. The molecule has 0 aliphatic heterocycles. The van der Waals surface area contributed by atoms with Crippen LogP contribution in [0.15, 0.2) is 109 Å². The summed E-state index contributed by atoms with van der Waals surface area (Å²) in [5, 5.41) is 3.19. The van der Waals surface area contributed by atoms with E-state index in [9.17, 15) is 0 Å². The molecule has 0 saturated heterocycles. The number of benzene rings is 4. The van der Waals surface area contributed by atoms with Gasteiger partial charge < -0.3 is 4.57 Å². The molecule has 1 nitrogen and oxygen atoms in total. The SMILES string of the molecule is Clc1ccc2c(c1)c1cccc(C3=CC=CCC3)c1n2-c1ccc(-c2ccccc2)cc1. The van der Waals surface area contributed by atoms with Crippen molar-refractivity contribution in [1.29, 1.82) is 0 Å². The van der Waals surface area contributed by atoms with Crippen molar-refractivity contribution in [2.45, 2.75) is 12.8 Å². The Bertz CT molecular complexity index is 1500. The largest absolute Gasteiger partial charge is 0.309 e. The van der Waals surface area contributed by atoms with E-state index in [2.05, 4.69) is 108 Å². The van der Waals surface area contributed by atoms with E-state index in [-0.39, 0.29) is 0 Å². The van der Waals surface area contributed by atoms with E-state index in [0.29, 0.717) is 0 Å². The van der Waals surface area contributed by atoms with E-state index in [4.69, 9.17) is 11.6 Å². The van der Waals surface area contributed by atoms with Crippen molar-refractivity contribution in [2.24, 2.45) is 0 Å². The fraction of sp³-hybridized carbons (Fsp3) is 0.0667. The minimum atomic E-state index is 0.765. The Labute approximate surface area is 192 Å². The smallest absolute Gasteiger partial charge is 0.0616 e. The number of para-hydroxylation sites is 1. The molecule has 6 rings (SSSR count). The summed E-state index contributed by atoms with van der Waals surface area (Å²) >= 11 is 6.42. The Hall–Kier alpha value is -3.55. The van der Waals surface area contributed by atoms with E-state index >= 15 is 0 Å². The van der Waals surface area contributed by atoms with Crippen LogP contribution in [0, 0.1) is 0 Å². The van der Waals surface area contributed by atoms with Crippen LogP contribution in [-0.2, 0) is 0 Å². The second-order valence-electron chi connectivity index (χ2n) is 8.27. The van der Waals surface area contributed by atoms with Crippen molar-refractivity contribution in [2.75, 3.05) is 0 Å². The highest BCUT2D eigenvalue weighted by Gasteiger charge is 2.18. The van der Waals surface area contributed by atoms with Crippen LogP contribution >= 0.6 is 11.6 Å². The monoisotopic (exact) mass is 431 g/mol. The van der Waals surface area contributed by atoms with Crippen LogP contribution in [0.3, 0.4) is 0 Å². The van der Waals surface area contributed by atoms with Crippen molar-refractivity contribution in [3.63, 3.8) is 0 Å². The van der Waals surface area contributed by atoms with Gasteiger partial charge in [-0.2, -0.15) is 0 Å². The molecule has 2 heteroatoms. The van der Waals surface area contributed by atoms with Gasteiger partial charge in [-0.15, -0.1) is 0 Å². The molecule has 4 aromatic carbocycles. The number of allylic oxidation sites excluding steroid dienone is 4. The van der Waals surface area contributed by atoms with Gasteiger partial charge in [0.25, 0.3) is 0 Å². The number of halogens is 1. The average Bonchev–Trinajstić information content (AvgIpc) is 3.19. The normalized spacial score (nSPS) is 13.6. The third-order valence-corrected chi connectivity index (χ3v) is 6.58. The van der Waals surface area contributed by atoms with Crippen LogP contribution < -0.4 is 0 Å². The maximum absolute atomic E-state index is 6.42. The maximum atomic E-state index is 6.42. The van der Waals surface area contributed by atoms with Gasteiger partial charge in [-0.25, -0.2) is 0 Å². The fourth-order valence-corrected chi connectivity index (χ4v) is 5.00. The number of nitrogens with zero attached hydrogens (tertiary/aromatic N) is 1. The van der Waals surface area contributed by atoms with Crippen LogP contribution in [0.25, 0.3) is 44.2 Å². The highest BCUT2D eigenvalue weighted by atomic mass is 35.5. The first-order valence-corrected chi connectivity index (χ1v) is 11.4. The van der Waals surface area contributed by atoms with Crippen LogP contribution in [-0.4, -0.2) is 4.57 Å². The molecule has 5 aromatic rings. The first-order valence-electron chi connectivity index (χ1n) is 11.0. The molecule has 0 atom stereocenters. The molecule has 32 heavy (non-hydrogen) atoms. The number of hydrogen-bond donors (Lipinski definition) is 0. The third kappa shape index (κ3) is 3.18. The summed E-state index contributed by atoms with van der Waals surface area (Å²) in [6, 6.07) is 32.2. The predicted molar refractivity (Wildman–Crippen MR) is 138 cm³/mol. The molecular formula is C30H22ClN. The van der Waals surface area contributed by atoms with Gasteiger partial charge in [0.15, 0.2) is 0 Å². The molecule has 0 bridgehead atoms. The van der Waals surface area contributed by atoms with Crippen LogP contribution in [0.4, 0.5) is 0 Å². The average molecular weight is 432 g/mol. The number of hydrogen-bond acceptors (Lipinski definition) is 0. The van der Waals surface area contributed by atoms with Gasteiger partial charge in [-0.1, -0.05) is 90.5 Å². The maximum Gasteiger partial charge on any atom is 0.0616 e. The van der Waals surface area contributed by atoms with Crippen molar-refractivity contribution in [3.8, 4) is 16.8 Å².